The van der Waals surface area contributed by atoms with E-state index in [2.05, 4.69) is 0 Å². The van der Waals surface area contributed by atoms with Crippen LogP contribution in [0.15, 0.2) is 47.5 Å². The Bertz CT molecular complexity index is 2890. The summed E-state index contributed by atoms with van der Waals surface area (Å²) in [7, 11) is 0. The Hall–Kier alpha value is -5.40. The summed E-state index contributed by atoms with van der Waals surface area (Å²) in [5.74, 6) is -10.7. The van der Waals surface area contributed by atoms with Gasteiger partial charge in [-0.3, -0.25) is 19.2 Å². The molecular weight excluding hydrogens is 883 g/mol. The molecule has 0 aliphatic heterocycles. The third-order valence-electron chi connectivity index (χ3n) is 10.7. The van der Waals surface area contributed by atoms with Gasteiger partial charge in [0, 0.05) is 57.9 Å². The fourth-order valence-corrected chi connectivity index (χ4v) is 12.0. The van der Waals surface area contributed by atoms with Gasteiger partial charge in [-0.2, -0.15) is 26.3 Å². The van der Waals surface area contributed by atoms with Crippen LogP contribution in [0.2, 0.25) is 0 Å². The lowest BCUT2D eigenvalue weighted by molar-refractivity contribution is -0.144. The number of rotatable bonds is 8. The maximum atomic E-state index is 14.0. The molecule has 5 aromatic heterocycles. The van der Waals surface area contributed by atoms with Crippen LogP contribution in [0.5, 0.6) is 0 Å². The van der Waals surface area contributed by atoms with E-state index in [1.165, 1.54) is 37.3 Å². The summed E-state index contributed by atoms with van der Waals surface area (Å²) in [6.07, 6.45) is -8.93. The minimum Gasteiger partial charge on any atom is -0.337 e. The quantitative estimate of drug-likeness (QED) is 0.0864. The standard InChI is InChI=1S/C42H24F10N2O4S3/c1-15(11-41(47,48)49)13-53-29-5-17(3-23-33(55)19-7-25(43)26(44)8-20(19)34(23)56)59-37(29)39-31(53)32-40(61-39)38-30(54(32)14-16(2)12-42(50,51)52)6-18(60-38)4-24-35(57)21-9-27(45)28(46)10-22(21)36(24)58/h3-10,15-16H,11-14H2,1-2H3. The lowest BCUT2D eigenvalue weighted by Gasteiger charge is -2.18. The molecule has 0 spiro atoms. The van der Waals surface area contributed by atoms with Gasteiger partial charge in [0.1, 0.15) is 0 Å². The van der Waals surface area contributed by atoms with E-state index in [0.29, 0.717) is 74.9 Å². The van der Waals surface area contributed by atoms with Crippen LogP contribution >= 0.6 is 34.0 Å². The molecule has 314 valence electrons. The number of aromatic nitrogens is 2. The van der Waals surface area contributed by atoms with Gasteiger partial charge in [-0.25, -0.2) is 17.6 Å². The summed E-state index contributed by atoms with van der Waals surface area (Å²) in [4.78, 5) is 53.5. The third-order valence-corrected chi connectivity index (χ3v) is 14.3. The van der Waals surface area contributed by atoms with Gasteiger partial charge in [0.05, 0.1) is 52.0 Å². The molecule has 9 rings (SSSR count). The van der Waals surface area contributed by atoms with E-state index in [1.54, 1.807) is 21.3 Å². The smallest absolute Gasteiger partial charge is 0.337 e. The summed E-state index contributed by atoms with van der Waals surface area (Å²) < 4.78 is 144. The lowest BCUT2D eigenvalue weighted by Crippen LogP contribution is -2.18. The van der Waals surface area contributed by atoms with Crippen molar-refractivity contribution in [2.24, 2.45) is 11.8 Å². The summed E-state index contributed by atoms with van der Waals surface area (Å²) in [5, 5.41) is 0. The molecular formula is C42H24F10N2O4S3. The van der Waals surface area contributed by atoms with E-state index in [-0.39, 0.29) is 46.5 Å². The molecule has 0 amide bonds. The number of benzene rings is 2. The number of hydrogen-bond acceptors (Lipinski definition) is 7. The second-order valence-corrected chi connectivity index (χ2v) is 18.5. The highest BCUT2D eigenvalue weighted by atomic mass is 32.1. The number of carbonyl (C=O) groups is 4. The molecule has 2 unspecified atom stereocenters. The number of hydrogen-bond donors (Lipinski definition) is 0. The third kappa shape index (κ3) is 6.84. The van der Waals surface area contributed by atoms with Crippen molar-refractivity contribution in [2.75, 3.05) is 0 Å². The molecule has 0 bridgehead atoms. The second-order valence-electron chi connectivity index (χ2n) is 15.3. The highest BCUT2D eigenvalue weighted by molar-refractivity contribution is 7.34. The van der Waals surface area contributed by atoms with Crippen LogP contribution in [-0.2, 0) is 13.1 Å². The Kier molecular flexibility index (Phi) is 9.45. The Morgan fingerprint density at radius 2 is 0.820 bits per heavy atom. The van der Waals surface area contributed by atoms with E-state index < -0.39 is 83.4 Å². The van der Waals surface area contributed by atoms with Crippen LogP contribution in [0.25, 0.3) is 53.0 Å². The van der Waals surface area contributed by atoms with Crippen molar-refractivity contribution in [3.05, 3.63) is 103 Å². The van der Waals surface area contributed by atoms with Crippen LogP contribution in [0.3, 0.4) is 0 Å². The normalized spacial score (nSPS) is 15.7. The molecule has 7 aromatic rings. The number of thiophene rings is 3. The predicted octanol–water partition coefficient (Wildman–Crippen LogP) is 12.7. The first-order valence-corrected chi connectivity index (χ1v) is 20.8. The first-order chi connectivity index (χ1) is 28.6. The van der Waals surface area contributed by atoms with E-state index >= 15 is 0 Å². The molecule has 2 aliphatic rings. The first kappa shape index (κ1) is 41.0. The van der Waals surface area contributed by atoms with E-state index in [4.69, 9.17) is 0 Å². The monoisotopic (exact) mass is 906 g/mol. The van der Waals surface area contributed by atoms with Gasteiger partial charge in [-0.05, 0) is 60.4 Å². The number of Topliss-reactive ketones (excluding diaryl/α,β-unsaturated/α-hetero) is 4. The SMILES string of the molecule is CC(Cn1c2cc(C=C3C(=O)c4cc(F)c(F)cc4C3=O)sc2c2sc3c4sc(C=C5C(=O)c6cc(F)c(F)cc6C5=O)cc4n(CC(C)CC(F)(F)F)c3c21)CC(F)(F)F. The molecule has 2 aliphatic carbocycles. The van der Waals surface area contributed by atoms with Gasteiger partial charge < -0.3 is 9.13 Å². The Morgan fingerprint density at radius 3 is 1.11 bits per heavy atom. The lowest BCUT2D eigenvalue weighted by atomic mass is 10.1. The Labute approximate surface area is 348 Å². The number of ketones is 4. The molecule has 2 atom stereocenters. The summed E-state index contributed by atoms with van der Waals surface area (Å²) in [6, 6.07) is 5.67. The number of allylic oxidation sites excluding steroid dienone is 2. The average Bonchev–Trinajstić information content (AvgIpc) is 4.00. The molecule has 0 radical (unpaired) electrons. The van der Waals surface area contributed by atoms with Crippen LogP contribution in [0.1, 0.15) is 77.9 Å². The van der Waals surface area contributed by atoms with Crippen molar-refractivity contribution >= 4 is 110 Å². The largest absolute Gasteiger partial charge is 0.389 e. The molecule has 0 fully saturated rings. The van der Waals surface area contributed by atoms with Gasteiger partial charge >= 0.3 is 12.4 Å². The highest BCUT2D eigenvalue weighted by Gasteiger charge is 2.38. The van der Waals surface area contributed by atoms with Gasteiger partial charge in [0.15, 0.2) is 46.4 Å². The van der Waals surface area contributed by atoms with Crippen molar-refractivity contribution in [3.8, 4) is 0 Å². The Balaban J connectivity index is 1.23. The van der Waals surface area contributed by atoms with Crippen molar-refractivity contribution in [1.29, 1.82) is 0 Å². The van der Waals surface area contributed by atoms with E-state index in [1.807, 2.05) is 0 Å². The number of carbonyl (C=O) groups excluding carboxylic acids is 4. The minimum absolute atomic E-state index is 0.208. The average molecular weight is 907 g/mol. The zero-order valence-corrected chi connectivity index (χ0v) is 33.6. The molecule has 5 heterocycles. The van der Waals surface area contributed by atoms with E-state index in [0.717, 1.165) is 22.7 Å². The van der Waals surface area contributed by atoms with Crippen LogP contribution < -0.4 is 0 Å². The number of alkyl halides is 6. The fourth-order valence-electron chi connectivity index (χ4n) is 8.23. The molecule has 61 heavy (non-hydrogen) atoms. The van der Waals surface area contributed by atoms with Crippen molar-refractivity contribution in [1.82, 2.24) is 9.13 Å². The van der Waals surface area contributed by atoms with Crippen LogP contribution in [-0.4, -0.2) is 44.6 Å². The van der Waals surface area contributed by atoms with Gasteiger partial charge in [0.25, 0.3) is 0 Å². The summed E-state index contributed by atoms with van der Waals surface area (Å²) in [6.45, 7) is 2.37. The topological polar surface area (TPSA) is 78.1 Å². The van der Waals surface area contributed by atoms with Crippen molar-refractivity contribution in [2.45, 2.75) is 52.1 Å². The fraction of sp³-hybridized carbons (Fsp3) is 0.238. The van der Waals surface area contributed by atoms with Crippen LogP contribution in [0.4, 0.5) is 43.9 Å². The number of halogens is 10. The van der Waals surface area contributed by atoms with Crippen molar-refractivity contribution < 1.29 is 63.1 Å². The summed E-state index contributed by atoms with van der Waals surface area (Å²) in [5.41, 5.74) is -0.355. The molecule has 0 saturated carbocycles. The van der Waals surface area contributed by atoms with Crippen molar-refractivity contribution in [3.63, 3.8) is 0 Å². The Morgan fingerprint density at radius 1 is 0.508 bits per heavy atom. The first-order valence-electron chi connectivity index (χ1n) is 18.3. The maximum Gasteiger partial charge on any atom is 0.389 e. The van der Waals surface area contributed by atoms with Crippen LogP contribution in [0, 0.1) is 35.1 Å². The predicted molar refractivity (Wildman–Crippen MR) is 212 cm³/mol. The number of fused-ring (bicyclic) bond motifs is 9. The highest BCUT2D eigenvalue weighted by Crippen LogP contribution is 2.50. The summed E-state index contributed by atoms with van der Waals surface area (Å²) >= 11 is 3.37. The second kappa shape index (κ2) is 14.1. The molecule has 0 N–H and O–H groups in total. The molecule has 6 nitrogen and oxygen atoms in total. The van der Waals surface area contributed by atoms with Gasteiger partial charge in [-0.1, -0.05) is 13.8 Å². The molecule has 2 aromatic carbocycles. The zero-order chi connectivity index (χ0) is 43.8. The zero-order valence-electron chi connectivity index (χ0n) is 31.1. The van der Waals surface area contributed by atoms with Gasteiger partial charge in [0.2, 0.25) is 0 Å². The molecule has 0 saturated heterocycles. The van der Waals surface area contributed by atoms with E-state index in [9.17, 15) is 63.1 Å². The molecule has 19 heteroatoms. The maximum absolute atomic E-state index is 14.0. The van der Waals surface area contributed by atoms with Gasteiger partial charge in [-0.15, -0.1) is 34.0 Å². The number of nitrogens with zero attached hydrogens (tertiary/aromatic N) is 2. The minimum atomic E-state index is -4.54.